The van der Waals surface area contributed by atoms with Crippen molar-refractivity contribution in [3.63, 3.8) is 0 Å². The lowest BCUT2D eigenvalue weighted by atomic mass is 9.82. The van der Waals surface area contributed by atoms with Gasteiger partial charge in [-0.1, -0.05) is 140 Å². The van der Waals surface area contributed by atoms with E-state index in [9.17, 15) is 0 Å². The number of rotatable bonds is 4. The Bertz CT molecular complexity index is 2350. The van der Waals surface area contributed by atoms with Crippen LogP contribution in [0.3, 0.4) is 0 Å². The highest BCUT2D eigenvalue weighted by molar-refractivity contribution is 6.19. The third-order valence-corrected chi connectivity index (χ3v) is 9.50. The van der Waals surface area contributed by atoms with Crippen LogP contribution in [0.5, 0.6) is 0 Å². The summed E-state index contributed by atoms with van der Waals surface area (Å²) in [6, 6.07) is 57.7. The van der Waals surface area contributed by atoms with Crippen LogP contribution in [0.25, 0.3) is 72.2 Å². The molecule has 8 aromatic rings. The second kappa shape index (κ2) is 10.5. The summed E-state index contributed by atoms with van der Waals surface area (Å²) in [5, 5.41) is 6.49. The Morgan fingerprint density at radius 2 is 1.04 bits per heavy atom. The molecular weight excluding hydrogens is 542 g/mol. The number of benzene rings is 7. The third-order valence-electron chi connectivity index (χ3n) is 9.50. The first-order valence-electron chi connectivity index (χ1n) is 15.8. The van der Waals surface area contributed by atoms with Crippen LogP contribution in [-0.2, 0) is 6.42 Å². The maximum Gasteiger partial charge on any atom is 0.0540 e. The molecule has 1 aromatic heterocycles. The molecule has 0 saturated carbocycles. The van der Waals surface area contributed by atoms with Crippen molar-refractivity contribution in [2.45, 2.75) is 12.8 Å². The fourth-order valence-electron chi connectivity index (χ4n) is 7.45. The van der Waals surface area contributed by atoms with Crippen LogP contribution < -0.4 is 0 Å². The van der Waals surface area contributed by atoms with Crippen LogP contribution >= 0.6 is 0 Å². The molecule has 0 fully saturated rings. The fraction of sp³-hybridized carbons (Fsp3) is 0.0455. The molecule has 212 valence electrons. The van der Waals surface area contributed by atoms with Crippen LogP contribution in [0.1, 0.15) is 23.1 Å². The summed E-state index contributed by atoms with van der Waals surface area (Å²) >= 11 is 0. The van der Waals surface area contributed by atoms with Crippen molar-refractivity contribution in [3.05, 3.63) is 174 Å². The first kappa shape index (κ1) is 25.8. The van der Waals surface area contributed by atoms with Crippen molar-refractivity contribution < 1.29 is 0 Å². The van der Waals surface area contributed by atoms with E-state index in [1.54, 1.807) is 0 Å². The van der Waals surface area contributed by atoms with Crippen LogP contribution in [0, 0.1) is 0 Å². The molecule has 0 amide bonds. The summed E-state index contributed by atoms with van der Waals surface area (Å²) < 4.78 is 2.39. The monoisotopic (exact) mass is 573 g/mol. The smallest absolute Gasteiger partial charge is 0.0540 e. The van der Waals surface area contributed by atoms with Crippen LogP contribution in [-0.4, -0.2) is 4.57 Å². The maximum atomic E-state index is 2.42. The molecule has 1 heterocycles. The molecule has 1 nitrogen and oxygen atoms in total. The van der Waals surface area contributed by atoms with Crippen LogP contribution in [0.4, 0.5) is 0 Å². The molecule has 0 saturated heterocycles. The highest BCUT2D eigenvalue weighted by atomic mass is 15.0. The third kappa shape index (κ3) is 4.24. The Hall–Kier alpha value is -5.66. The lowest BCUT2D eigenvalue weighted by Crippen LogP contribution is -2.01. The van der Waals surface area contributed by atoms with Gasteiger partial charge < -0.3 is 4.57 Å². The highest BCUT2D eigenvalue weighted by Gasteiger charge is 2.20. The number of hydrogen-bond acceptors (Lipinski definition) is 0. The van der Waals surface area contributed by atoms with E-state index >= 15 is 0 Å². The Balaban J connectivity index is 1.24. The van der Waals surface area contributed by atoms with Gasteiger partial charge in [0.15, 0.2) is 0 Å². The molecule has 1 heteroatoms. The molecule has 0 radical (unpaired) electrons. The van der Waals surface area contributed by atoms with Crippen molar-refractivity contribution in [1.29, 1.82) is 0 Å². The first-order chi connectivity index (χ1) is 22.3. The summed E-state index contributed by atoms with van der Waals surface area (Å²) in [6.07, 6.45) is 4.55. The van der Waals surface area contributed by atoms with Gasteiger partial charge in [-0.15, -0.1) is 0 Å². The Labute approximate surface area is 263 Å². The molecule has 9 rings (SSSR count). The van der Waals surface area contributed by atoms with Gasteiger partial charge in [0.25, 0.3) is 0 Å². The summed E-state index contributed by atoms with van der Waals surface area (Å²) in [5.74, 6) is 0. The van der Waals surface area contributed by atoms with Gasteiger partial charge in [0, 0.05) is 11.1 Å². The van der Waals surface area contributed by atoms with Crippen molar-refractivity contribution in [2.24, 2.45) is 0 Å². The molecule has 0 N–H and O–H groups in total. The minimum absolute atomic E-state index is 1.05. The zero-order chi connectivity index (χ0) is 29.7. The lowest BCUT2D eigenvalue weighted by molar-refractivity contribution is 1.00. The zero-order valence-electron chi connectivity index (χ0n) is 24.9. The molecule has 0 atom stereocenters. The molecule has 0 aliphatic heterocycles. The first-order valence-corrected chi connectivity index (χ1v) is 15.8. The van der Waals surface area contributed by atoms with Gasteiger partial charge in [0.05, 0.1) is 11.2 Å². The summed E-state index contributed by atoms with van der Waals surface area (Å²) in [4.78, 5) is 0. The normalized spacial score (nSPS) is 12.8. The standard InChI is InChI=1S/C44H31N/c1-2-13-31(14-3-1)42-29-34-16-6-11-21-41(34)45(42)36-26-24-32(25-27-36)43-37-17-7-9-19-39(37)44(40-20-10-8-18-38(40)43)35-23-22-30-12-4-5-15-33(30)28-35/h1-21,24-29H,22-23H2. The van der Waals surface area contributed by atoms with Gasteiger partial charge in [-0.3, -0.25) is 0 Å². The predicted octanol–water partition coefficient (Wildman–Crippen LogP) is 11.8. The van der Waals surface area contributed by atoms with E-state index in [4.69, 9.17) is 0 Å². The zero-order valence-corrected chi connectivity index (χ0v) is 24.9. The summed E-state index contributed by atoms with van der Waals surface area (Å²) in [7, 11) is 0. The SMILES string of the molecule is C1=C(c2c3ccccc3c(-c3ccc(-n4c(-c5ccccc5)cc5ccccc54)cc3)c3ccccc23)CCc2ccccc21. The molecule has 1 aliphatic carbocycles. The average molecular weight is 574 g/mol. The van der Waals surface area contributed by atoms with Crippen molar-refractivity contribution in [3.8, 4) is 28.1 Å². The predicted molar refractivity (Wildman–Crippen MR) is 192 cm³/mol. The fourth-order valence-corrected chi connectivity index (χ4v) is 7.45. The van der Waals surface area contributed by atoms with E-state index in [-0.39, 0.29) is 0 Å². The molecular formula is C44H31N. The van der Waals surface area contributed by atoms with Crippen LogP contribution in [0.2, 0.25) is 0 Å². The van der Waals surface area contributed by atoms with E-state index < -0.39 is 0 Å². The van der Waals surface area contributed by atoms with Crippen molar-refractivity contribution >= 4 is 44.1 Å². The number of aryl methyl sites for hydroxylation is 1. The second-order valence-electron chi connectivity index (χ2n) is 12.0. The quantitative estimate of drug-likeness (QED) is 0.185. The van der Waals surface area contributed by atoms with Gasteiger partial charge in [-0.05, 0) is 97.6 Å². The van der Waals surface area contributed by atoms with Gasteiger partial charge in [0.1, 0.15) is 0 Å². The van der Waals surface area contributed by atoms with E-state index in [0.29, 0.717) is 0 Å². The molecule has 7 aromatic carbocycles. The largest absolute Gasteiger partial charge is 0.309 e. The number of allylic oxidation sites excluding steroid dienone is 1. The Morgan fingerprint density at radius 1 is 0.444 bits per heavy atom. The average Bonchev–Trinajstić information content (AvgIpc) is 3.51. The second-order valence-corrected chi connectivity index (χ2v) is 12.0. The molecule has 1 aliphatic rings. The molecule has 0 spiro atoms. The molecule has 45 heavy (non-hydrogen) atoms. The Kier molecular flexibility index (Phi) is 6.02. The number of hydrogen-bond donors (Lipinski definition) is 0. The summed E-state index contributed by atoms with van der Waals surface area (Å²) in [6.45, 7) is 0. The van der Waals surface area contributed by atoms with Crippen LogP contribution in [0.15, 0.2) is 158 Å². The van der Waals surface area contributed by atoms with E-state index in [1.807, 2.05) is 0 Å². The van der Waals surface area contributed by atoms with E-state index in [2.05, 4.69) is 168 Å². The highest BCUT2D eigenvalue weighted by Crippen LogP contribution is 2.44. The van der Waals surface area contributed by atoms with Gasteiger partial charge >= 0.3 is 0 Å². The van der Waals surface area contributed by atoms with Gasteiger partial charge in [0.2, 0.25) is 0 Å². The minimum Gasteiger partial charge on any atom is -0.309 e. The maximum absolute atomic E-state index is 2.42. The number of fused-ring (bicyclic) bond motifs is 4. The number of aromatic nitrogens is 1. The Morgan fingerprint density at radius 3 is 1.78 bits per heavy atom. The minimum atomic E-state index is 1.05. The van der Waals surface area contributed by atoms with E-state index in [0.717, 1.165) is 18.5 Å². The number of para-hydroxylation sites is 1. The molecule has 0 bridgehead atoms. The number of nitrogens with zero attached hydrogens (tertiary/aromatic N) is 1. The van der Waals surface area contributed by atoms with E-state index in [1.165, 1.54) is 77.1 Å². The van der Waals surface area contributed by atoms with Gasteiger partial charge in [-0.2, -0.15) is 0 Å². The summed E-state index contributed by atoms with van der Waals surface area (Å²) in [5.41, 5.74) is 12.9. The molecule has 0 unspecified atom stereocenters. The van der Waals surface area contributed by atoms with Crippen molar-refractivity contribution in [2.75, 3.05) is 0 Å². The lowest BCUT2D eigenvalue weighted by Gasteiger charge is -2.22. The topological polar surface area (TPSA) is 4.93 Å². The van der Waals surface area contributed by atoms with Crippen molar-refractivity contribution in [1.82, 2.24) is 4.57 Å². The van der Waals surface area contributed by atoms with Gasteiger partial charge in [-0.25, -0.2) is 0 Å².